The number of rotatable bonds is 6. The number of piperidine rings is 1. The van der Waals surface area contributed by atoms with Crippen molar-refractivity contribution in [2.24, 2.45) is 4.99 Å². The molecule has 154 valence electrons. The minimum Gasteiger partial charge on any atom is -0.363 e. The van der Waals surface area contributed by atoms with Crippen molar-refractivity contribution in [2.45, 2.75) is 32.2 Å². The van der Waals surface area contributed by atoms with Gasteiger partial charge in [0, 0.05) is 37.8 Å². The van der Waals surface area contributed by atoms with Crippen molar-refractivity contribution in [2.75, 3.05) is 31.1 Å². The Kier molecular flexibility index (Phi) is 9.43. The second-order valence-corrected chi connectivity index (χ2v) is 7.49. The fourth-order valence-electron chi connectivity index (χ4n) is 3.26. The number of hydrogen-bond donors (Lipinski definition) is 2. The average molecular weight is 520 g/mol. The summed E-state index contributed by atoms with van der Waals surface area (Å²) in [5, 5.41) is 10.1. The maximum atomic E-state index is 13.7. The SMILES string of the molecule is CCNC(=NCCc1c(F)cccc1F)NC1CCN(c2cccs2)CC1.I. The van der Waals surface area contributed by atoms with Gasteiger partial charge >= 0.3 is 0 Å². The Morgan fingerprint density at radius 2 is 1.89 bits per heavy atom. The second-order valence-electron chi connectivity index (χ2n) is 6.57. The van der Waals surface area contributed by atoms with Crippen LogP contribution in [0.25, 0.3) is 0 Å². The molecule has 1 fully saturated rings. The predicted octanol–water partition coefficient (Wildman–Crippen LogP) is 4.41. The summed E-state index contributed by atoms with van der Waals surface area (Å²) >= 11 is 1.77. The molecule has 0 radical (unpaired) electrons. The summed E-state index contributed by atoms with van der Waals surface area (Å²) < 4.78 is 27.5. The highest BCUT2D eigenvalue weighted by Gasteiger charge is 2.20. The van der Waals surface area contributed by atoms with E-state index in [1.165, 1.54) is 23.2 Å². The van der Waals surface area contributed by atoms with Crippen molar-refractivity contribution in [3.05, 3.63) is 52.9 Å². The van der Waals surface area contributed by atoms with Gasteiger partial charge in [0.1, 0.15) is 11.6 Å². The van der Waals surface area contributed by atoms with Gasteiger partial charge in [-0.25, -0.2) is 8.78 Å². The third-order valence-corrected chi connectivity index (χ3v) is 5.62. The Bertz CT molecular complexity index is 726. The molecule has 0 amide bonds. The Morgan fingerprint density at radius 1 is 1.18 bits per heavy atom. The van der Waals surface area contributed by atoms with Gasteiger partial charge in [-0.2, -0.15) is 0 Å². The molecule has 0 atom stereocenters. The number of nitrogens with one attached hydrogen (secondary N) is 2. The summed E-state index contributed by atoms with van der Waals surface area (Å²) in [7, 11) is 0. The van der Waals surface area contributed by atoms with E-state index in [-0.39, 0.29) is 36.0 Å². The van der Waals surface area contributed by atoms with Gasteiger partial charge in [0.2, 0.25) is 0 Å². The lowest BCUT2D eigenvalue weighted by atomic mass is 10.1. The minimum atomic E-state index is -0.510. The molecule has 1 aromatic carbocycles. The Balaban J connectivity index is 0.00000280. The largest absolute Gasteiger partial charge is 0.363 e. The first-order valence-electron chi connectivity index (χ1n) is 9.43. The number of nitrogens with zero attached hydrogens (tertiary/aromatic N) is 2. The molecule has 1 aromatic heterocycles. The molecule has 4 nitrogen and oxygen atoms in total. The van der Waals surface area contributed by atoms with Gasteiger partial charge in [-0.05, 0) is 55.8 Å². The van der Waals surface area contributed by atoms with Crippen molar-refractivity contribution >= 4 is 46.3 Å². The van der Waals surface area contributed by atoms with Crippen LogP contribution in [-0.2, 0) is 6.42 Å². The van der Waals surface area contributed by atoms with E-state index < -0.39 is 11.6 Å². The Morgan fingerprint density at radius 3 is 2.50 bits per heavy atom. The van der Waals surface area contributed by atoms with Crippen LogP contribution >= 0.6 is 35.3 Å². The summed E-state index contributed by atoms with van der Waals surface area (Å²) in [6, 6.07) is 8.54. The smallest absolute Gasteiger partial charge is 0.191 e. The molecule has 2 heterocycles. The topological polar surface area (TPSA) is 39.7 Å². The molecule has 0 bridgehead atoms. The Hall–Kier alpha value is -1.42. The standard InChI is InChI=1S/C20H26F2N4S.HI/c1-2-23-20(24-11-8-16-17(21)5-3-6-18(16)22)25-15-9-12-26(13-10-15)19-7-4-14-27-19;/h3-7,14-15H,2,8-13H2,1H3,(H2,23,24,25);1H. The summed E-state index contributed by atoms with van der Waals surface area (Å²) in [4.78, 5) is 6.91. The molecule has 0 saturated carbocycles. The van der Waals surface area contributed by atoms with Crippen LogP contribution in [0.15, 0.2) is 40.7 Å². The van der Waals surface area contributed by atoms with Gasteiger partial charge < -0.3 is 15.5 Å². The lowest BCUT2D eigenvalue weighted by molar-refractivity contribution is 0.463. The molecule has 1 aliphatic heterocycles. The summed E-state index contributed by atoms with van der Waals surface area (Å²) in [5.41, 5.74) is 0.0985. The molecule has 0 spiro atoms. The van der Waals surface area contributed by atoms with Gasteiger partial charge in [-0.15, -0.1) is 35.3 Å². The molecule has 2 N–H and O–H groups in total. The maximum Gasteiger partial charge on any atom is 0.191 e. The van der Waals surface area contributed by atoms with Crippen molar-refractivity contribution in [3.63, 3.8) is 0 Å². The zero-order valence-corrected chi connectivity index (χ0v) is 19.1. The van der Waals surface area contributed by atoms with Gasteiger partial charge in [0.15, 0.2) is 5.96 Å². The fraction of sp³-hybridized carbons (Fsp3) is 0.450. The van der Waals surface area contributed by atoms with Gasteiger partial charge in [0.25, 0.3) is 0 Å². The zero-order valence-electron chi connectivity index (χ0n) is 16.0. The molecular weight excluding hydrogens is 493 g/mol. The van der Waals surface area contributed by atoms with E-state index in [1.807, 2.05) is 6.92 Å². The van der Waals surface area contributed by atoms with Crippen molar-refractivity contribution in [1.29, 1.82) is 0 Å². The first kappa shape index (κ1) is 22.9. The molecule has 0 aliphatic carbocycles. The molecule has 1 saturated heterocycles. The summed E-state index contributed by atoms with van der Waals surface area (Å²) in [5.74, 6) is -0.308. The number of hydrogen-bond acceptors (Lipinski definition) is 3. The lowest BCUT2D eigenvalue weighted by Gasteiger charge is -2.33. The van der Waals surface area contributed by atoms with E-state index in [0.717, 1.165) is 32.5 Å². The lowest BCUT2D eigenvalue weighted by Crippen LogP contribution is -2.48. The van der Waals surface area contributed by atoms with E-state index in [0.29, 0.717) is 18.5 Å². The van der Waals surface area contributed by atoms with Gasteiger partial charge in [-0.1, -0.05) is 6.07 Å². The molecular formula is C20H27F2IN4S. The van der Waals surface area contributed by atoms with Gasteiger partial charge in [0.05, 0.1) is 5.00 Å². The van der Waals surface area contributed by atoms with E-state index in [1.54, 1.807) is 11.3 Å². The maximum absolute atomic E-state index is 13.7. The van der Waals surface area contributed by atoms with Crippen molar-refractivity contribution in [3.8, 4) is 0 Å². The van der Waals surface area contributed by atoms with Crippen LogP contribution in [0.5, 0.6) is 0 Å². The number of halogens is 3. The second kappa shape index (κ2) is 11.5. The summed E-state index contributed by atoms with van der Waals surface area (Å²) in [6.45, 7) is 5.11. The zero-order chi connectivity index (χ0) is 19.1. The van der Waals surface area contributed by atoms with Crippen LogP contribution in [-0.4, -0.2) is 38.2 Å². The van der Waals surface area contributed by atoms with Crippen LogP contribution < -0.4 is 15.5 Å². The average Bonchev–Trinajstić information content (AvgIpc) is 3.19. The van der Waals surface area contributed by atoms with Crippen LogP contribution in [0, 0.1) is 11.6 Å². The van der Waals surface area contributed by atoms with Crippen LogP contribution in [0.1, 0.15) is 25.3 Å². The number of anilines is 1. The highest BCUT2D eigenvalue weighted by atomic mass is 127. The van der Waals surface area contributed by atoms with E-state index >= 15 is 0 Å². The van der Waals surface area contributed by atoms with Crippen LogP contribution in [0.2, 0.25) is 0 Å². The molecule has 2 aromatic rings. The number of thiophene rings is 1. The number of aliphatic imine (C=N–C) groups is 1. The normalized spacial score (nSPS) is 15.2. The third kappa shape index (κ3) is 6.30. The predicted molar refractivity (Wildman–Crippen MR) is 124 cm³/mol. The molecule has 1 aliphatic rings. The van der Waals surface area contributed by atoms with Crippen molar-refractivity contribution < 1.29 is 8.78 Å². The fourth-order valence-corrected chi connectivity index (χ4v) is 4.04. The highest BCUT2D eigenvalue weighted by Crippen LogP contribution is 2.24. The highest BCUT2D eigenvalue weighted by molar-refractivity contribution is 14.0. The first-order chi connectivity index (χ1) is 13.2. The minimum absolute atomic E-state index is 0. The van der Waals surface area contributed by atoms with E-state index in [9.17, 15) is 8.78 Å². The Labute approximate surface area is 186 Å². The van der Waals surface area contributed by atoms with Crippen LogP contribution in [0.4, 0.5) is 13.8 Å². The number of benzene rings is 1. The van der Waals surface area contributed by atoms with E-state index in [2.05, 4.69) is 38.0 Å². The molecule has 3 rings (SSSR count). The molecule has 8 heteroatoms. The van der Waals surface area contributed by atoms with E-state index in [4.69, 9.17) is 0 Å². The summed E-state index contributed by atoms with van der Waals surface area (Å²) in [6.07, 6.45) is 2.31. The van der Waals surface area contributed by atoms with Crippen LogP contribution in [0.3, 0.4) is 0 Å². The molecule has 0 unspecified atom stereocenters. The third-order valence-electron chi connectivity index (χ3n) is 4.69. The van der Waals surface area contributed by atoms with Gasteiger partial charge in [-0.3, -0.25) is 4.99 Å². The molecule has 28 heavy (non-hydrogen) atoms. The monoisotopic (exact) mass is 520 g/mol. The quantitative estimate of drug-likeness (QED) is 0.337. The first-order valence-corrected chi connectivity index (χ1v) is 10.3. The van der Waals surface area contributed by atoms with Crippen molar-refractivity contribution in [1.82, 2.24) is 10.6 Å². The number of guanidine groups is 1.